The fraction of sp³-hybridized carbons (Fsp3) is 0.630. The van der Waals surface area contributed by atoms with E-state index in [0.717, 1.165) is 0 Å². The van der Waals surface area contributed by atoms with Crippen LogP contribution in [0.4, 0.5) is 4.39 Å². The molecule has 1 saturated heterocycles. The smallest absolute Gasteiger partial charge is 0.338 e. The van der Waals surface area contributed by atoms with Gasteiger partial charge in [-0.1, -0.05) is 32.0 Å². The summed E-state index contributed by atoms with van der Waals surface area (Å²) < 4.78 is 27.4. The fourth-order valence-corrected chi connectivity index (χ4v) is 7.23. The quantitative estimate of drug-likeness (QED) is 0.259. The molecule has 4 N–H and O–H groups in total. The number of halogens is 1. The van der Waals surface area contributed by atoms with Gasteiger partial charge in [-0.15, -0.1) is 0 Å². The number of hydrogen-bond acceptors (Lipinski definition) is 8. The monoisotopic (exact) mass is 958 g/mol. The van der Waals surface area contributed by atoms with Crippen molar-refractivity contribution in [2.24, 2.45) is 16.7 Å². The zero-order valence-corrected chi connectivity index (χ0v) is 31.4. The van der Waals surface area contributed by atoms with Crippen LogP contribution in [0.15, 0.2) is 41.5 Å². The van der Waals surface area contributed by atoms with Crippen LogP contribution in [-0.4, -0.2) is 80.6 Å². The summed E-state index contributed by atoms with van der Waals surface area (Å²) in [7, 11) is 0. The number of rotatable bonds is 2. The van der Waals surface area contributed by atoms with Crippen LogP contribution in [0, 0.1) is 105 Å². The largest absolute Gasteiger partial charge is 0.455 e. The molecule has 5 rings (SSSR count). The third-order valence-electron chi connectivity index (χ3n) is 9.58. The van der Waals surface area contributed by atoms with Gasteiger partial charge < -0.3 is 29.9 Å². The van der Waals surface area contributed by atoms with Crippen LogP contribution >= 0.6 is 0 Å². The summed E-state index contributed by atoms with van der Waals surface area (Å²) in [6.07, 6.45) is -8.16. The Morgan fingerprint density at radius 2 is 1.71 bits per heavy atom. The Morgan fingerprint density at radius 3 is 2.26 bits per heavy atom. The molecule has 9 atom stereocenters. The Labute approximate surface area is 292 Å². The van der Waals surface area contributed by atoms with Crippen molar-refractivity contribution in [3.8, 4) is 0 Å². The SMILES string of the molecule is CC1=C2C(O)C(=O)[C@]3(C)C(F)CC4OCC4(O)C3C(OC(=O)c3ccccc3)C(O)(CC1O)C2(C)C.[Ac].[Ac]. The summed E-state index contributed by atoms with van der Waals surface area (Å²) in [5.74, 6) is -3.18. The molecular formula is C27H33Ac2FO8. The van der Waals surface area contributed by atoms with Crippen molar-refractivity contribution in [3.05, 3.63) is 47.0 Å². The number of hydrogen-bond donors (Lipinski definition) is 4. The van der Waals surface area contributed by atoms with Crippen LogP contribution in [-0.2, 0) is 14.3 Å². The molecule has 11 heteroatoms. The van der Waals surface area contributed by atoms with Crippen molar-refractivity contribution in [3.63, 3.8) is 0 Å². The summed E-state index contributed by atoms with van der Waals surface area (Å²) >= 11 is 0. The molecule has 1 aromatic rings. The van der Waals surface area contributed by atoms with E-state index in [9.17, 15) is 30.0 Å². The third-order valence-corrected chi connectivity index (χ3v) is 9.58. The van der Waals surface area contributed by atoms with Gasteiger partial charge in [0, 0.05) is 112 Å². The molecule has 3 aliphatic carbocycles. The van der Waals surface area contributed by atoms with Crippen molar-refractivity contribution in [2.75, 3.05) is 6.61 Å². The number of fused-ring (bicyclic) bond motifs is 5. The number of esters is 1. The van der Waals surface area contributed by atoms with Crippen LogP contribution in [0.2, 0.25) is 0 Å². The maximum Gasteiger partial charge on any atom is 0.338 e. The maximum absolute atomic E-state index is 16.0. The molecule has 1 heterocycles. The van der Waals surface area contributed by atoms with Crippen molar-refractivity contribution >= 4 is 11.8 Å². The van der Waals surface area contributed by atoms with Gasteiger partial charge in [-0.05, 0) is 37.1 Å². The van der Waals surface area contributed by atoms with Gasteiger partial charge in [0.15, 0.2) is 5.78 Å². The molecular weight excluding hydrogens is 925 g/mol. The number of aliphatic hydroxyl groups excluding tert-OH is 2. The number of carbonyl (C=O) groups is 2. The molecule has 2 saturated carbocycles. The Balaban J connectivity index is 0.00000200. The van der Waals surface area contributed by atoms with Crippen molar-refractivity contribution < 1.29 is 132 Å². The number of aliphatic hydroxyl groups is 4. The van der Waals surface area contributed by atoms with E-state index in [1.807, 2.05) is 0 Å². The van der Waals surface area contributed by atoms with Gasteiger partial charge in [-0.25, -0.2) is 9.18 Å². The first-order chi connectivity index (χ1) is 16.7. The van der Waals surface area contributed by atoms with Crippen molar-refractivity contribution in [1.29, 1.82) is 0 Å². The Kier molecular flexibility index (Phi) is 9.69. The molecule has 2 radical (unpaired) electrons. The molecule has 38 heavy (non-hydrogen) atoms. The van der Waals surface area contributed by atoms with Gasteiger partial charge in [0.1, 0.15) is 29.6 Å². The molecule has 1 aliphatic heterocycles. The molecule has 0 amide bonds. The molecule has 1 aromatic carbocycles. The van der Waals surface area contributed by atoms with Crippen LogP contribution in [0.3, 0.4) is 0 Å². The second-order valence-corrected chi connectivity index (χ2v) is 11.6. The summed E-state index contributed by atoms with van der Waals surface area (Å²) in [6, 6.07) is 8.01. The average Bonchev–Trinajstić information content (AvgIpc) is 2.83. The van der Waals surface area contributed by atoms with Crippen LogP contribution in [0.25, 0.3) is 0 Å². The number of Topliss-reactive ketones (excluding diaryl/α,β-unsaturated/α-hetero) is 1. The number of benzene rings is 1. The first kappa shape index (κ1) is 33.2. The first-order valence-electron chi connectivity index (χ1n) is 12.3. The van der Waals surface area contributed by atoms with E-state index in [-0.39, 0.29) is 119 Å². The molecule has 0 spiro atoms. The fourth-order valence-electron chi connectivity index (χ4n) is 7.23. The molecule has 8 nitrogen and oxygen atoms in total. The van der Waals surface area contributed by atoms with E-state index in [2.05, 4.69) is 0 Å². The van der Waals surface area contributed by atoms with Crippen LogP contribution in [0.1, 0.15) is 50.9 Å². The molecule has 202 valence electrons. The second kappa shape index (κ2) is 11.1. The molecule has 8 unspecified atom stereocenters. The number of carbonyl (C=O) groups excluding carboxylic acids is 2. The van der Waals surface area contributed by atoms with Crippen LogP contribution < -0.4 is 0 Å². The van der Waals surface area contributed by atoms with Gasteiger partial charge in [-0.2, -0.15) is 0 Å². The number of ether oxygens (including phenoxy) is 2. The van der Waals surface area contributed by atoms with Gasteiger partial charge in [-0.3, -0.25) is 4.79 Å². The minimum atomic E-state index is -2.08. The molecule has 3 fully saturated rings. The maximum atomic E-state index is 16.0. The summed E-state index contributed by atoms with van der Waals surface area (Å²) in [5.41, 5.74) is -6.76. The zero-order chi connectivity index (χ0) is 26.4. The van der Waals surface area contributed by atoms with Gasteiger partial charge >= 0.3 is 5.97 Å². The van der Waals surface area contributed by atoms with Gasteiger partial charge in [0.2, 0.25) is 0 Å². The zero-order valence-electron chi connectivity index (χ0n) is 21.9. The normalized spacial score (nSPS) is 43.1. The Hall–Kier alpha value is 0.713. The Morgan fingerprint density at radius 1 is 1.11 bits per heavy atom. The summed E-state index contributed by atoms with van der Waals surface area (Å²) in [4.78, 5) is 27.3. The number of ketones is 1. The third kappa shape index (κ3) is 4.44. The Bertz CT molecular complexity index is 1150. The van der Waals surface area contributed by atoms with E-state index in [1.54, 1.807) is 39.0 Å². The van der Waals surface area contributed by atoms with E-state index in [4.69, 9.17) is 9.47 Å². The van der Waals surface area contributed by atoms with E-state index < -0.39 is 70.3 Å². The molecule has 4 aliphatic rings. The van der Waals surface area contributed by atoms with E-state index >= 15 is 4.39 Å². The molecule has 2 bridgehead atoms. The van der Waals surface area contributed by atoms with E-state index in [1.165, 1.54) is 19.1 Å². The predicted molar refractivity (Wildman–Crippen MR) is 125 cm³/mol. The summed E-state index contributed by atoms with van der Waals surface area (Å²) in [6.45, 7) is 5.80. The minimum absolute atomic E-state index is 0. The topological polar surface area (TPSA) is 134 Å². The summed E-state index contributed by atoms with van der Waals surface area (Å²) in [5, 5.41) is 46.5. The van der Waals surface area contributed by atoms with E-state index in [0.29, 0.717) is 5.57 Å². The second-order valence-electron chi connectivity index (χ2n) is 11.6. The van der Waals surface area contributed by atoms with Crippen molar-refractivity contribution in [2.45, 2.75) is 82.3 Å². The molecule has 0 aromatic heterocycles. The number of alkyl halides is 1. The standard InChI is InChI=1S/C27H33FO8.2Ac/c1-13-15(29)11-27(34)22(36-23(32)14-8-6-5-7-9-14)20-25(4,16(28)10-17-26(20,33)12-35-17)21(31)19(30)18(13)24(27,2)3;;/h5-9,15-17,19-20,22,29-30,33-34H,10-12H2,1-4H3;;/t15?,16?,17?,19?,20?,22?,25-,26?,27?;;/m1../s1. The minimum Gasteiger partial charge on any atom is -0.455 e. The van der Waals surface area contributed by atoms with Gasteiger partial charge in [0.25, 0.3) is 0 Å². The van der Waals surface area contributed by atoms with Crippen molar-refractivity contribution in [1.82, 2.24) is 0 Å². The predicted octanol–water partition coefficient (Wildman–Crippen LogP) is 1.49. The van der Waals surface area contributed by atoms with Crippen LogP contribution in [0.5, 0.6) is 0 Å². The van der Waals surface area contributed by atoms with Gasteiger partial charge in [0.05, 0.1) is 29.8 Å². The average molecular weight is 959 g/mol. The first-order valence-corrected chi connectivity index (χ1v) is 12.3.